The monoisotopic (exact) mass is 281 g/mol. The van der Waals surface area contributed by atoms with Crippen LogP contribution < -0.4 is 5.32 Å². The minimum absolute atomic E-state index is 0.175. The van der Waals surface area contributed by atoms with Gasteiger partial charge in [-0.15, -0.1) is 0 Å². The van der Waals surface area contributed by atoms with E-state index in [1.54, 1.807) is 0 Å². The van der Waals surface area contributed by atoms with Crippen molar-refractivity contribution in [3.63, 3.8) is 0 Å². The van der Waals surface area contributed by atoms with Crippen LogP contribution in [-0.2, 0) is 0 Å². The van der Waals surface area contributed by atoms with E-state index in [0.29, 0.717) is 23.3 Å². The molecule has 1 atom stereocenters. The number of carbonyl (C=O) groups excluding carboxylic acids is 1. The van der Waals surface area contributed by atoms with E-state index in [2.05, 4.69) is 22.2 Å². The predicted molar refractivity (Wildman–Crippen MR) is 75.4 cm³/mol. The molecule has 0 bridgehead atoms. The second-order valence-corrected chi connectivity index (χ2v) is 6.01. The number of amides is 1. The van der Waals surface area contributed by atoms with Gasteiger partial charge in [0, 0.05) is 12.5 Å². The average Bonchev–Trinajstić information content (AvgIpc) is 3.20. The normalized spacial score (nSPS) is 16.5. The predicted octanol–water partition coefficient (Wildman–Crippen LogP) is 3.03. The van der Waals surface area contributed by atoms with Crippen molar-refractivity contribution in [3.8, 4) is 0 Å². The Balaban J connectivity index is 2.02. The summed E-state index contributed by atoms with van der Waals surface area (Å²) < 4.78 is 0. The van der Waals surface area contributed by atoms with E-state index >= 15 is 0 Å². The van der Waals surface area contributed by atoms with Crippen LogP contribution in [0.25, 0.3) is 0 Å². The van der Waals surface area contributed by atoms with E-state index in [1.165, 1.54) is 19.0 Å². The second kappa shape index (κ2) is 5.87. The summed E-state index contributed by atoms with van der Waals surface area (Å²) in [5, 5.41) is 3.22. The Labute approximate surface area is 119 Å². The van der Waals surface area contributed by atoms with Gasteiger partial charge in [0.25, 0.3) is 5.91 Å². The smallest absolute Gasteiger partial charge is 0.271 e. The molecule has 0 spiro atoms. The van der Waals surface area contributed by atoms with Gasteiger partial charge in [0.1, 0.15) is 11.5 Å². The van der Waals surface area contributed by atoms with Crippen molar-refractivity contribution in [1.29, 1.82) is 0 Å². The zero-order valence-electron chi connectivity index (χ0n) is 11.6. The van der Waals surface area contributed by atoms with E-state index in [1.807, 2.05) is 13.8 Å². The lowest BCUT2D eigenvalue weighted by Crippen LogP contribution is -2.30. The van der Waals surface area contributed by atoms with Crippen molar-refractivity contribution in [3.05, 3.63) is 22.7 Å². The number of nitrogens with one attached hydrogen (secondary N) is 1. The summed E-state index contributed by atoms with van der Waals surface area (Å²) in [5.41, 5.74) is 0.281. The van der Waals surface area contributed by atoms with Gasteiger partial charge >= 0.3 is 0 Å². The zero-order valence-corrected chi connectivity index (χ0v) is 12.4. The lowest BCUT2D eigenvalue weighted by molar-refractivity contribution is 0.0941. The molecule has 1 fully saturated rings. The first kappa shape index (κ1) is 14.3. The summed E-state index contributed by atoms with van der Waals surface area (Å²) in [6, 6.07) is 0. The second-order valence-electron chi connectivity index (χ2n) is 5.60. The fraction of sp³-hybridized carbons (Fsp3) is 0.643. The van der Waals surface area contributed by atoms with Gasteiger partial charge in [-0.3, -0.25) is 4.79 Å². The summed E-state index contributed by atoms with van der Waals surface area (Å²) >= 11 is 6.00. The van der Waals surface area contributed by atoms with Crippen molar-refractivity contribution >= 4 is 17.5 Å². The van der Waals surface area contributed by atoms with Crippen LogP contribution in [0.2, 0.25) is 5.02 Å². The van der Waals surface area contributed by atoms with Crippen LogP contribution in [0, 0.1) is 11.8 Å². The summed E-state index contributed by atoms with van der Waals surface area (Å²) in [6.07, 6.45) is 4.06. The minimum Gasteiger partial charge on any atom is -0.350 e. The lowest BCUT2D eigenvalue weighted by Gasteiger charge is -2.12. The highest BCUT2D eigenvalue weighted by molar-refractivity contribution is 6.33. The van der Waals surface area contributed by atoms with Gasteiger partial charge in [-0.2, -0.15) is 0 Å². The van der Waals surface area contributed by atoms with Crippen molar-refractivity contribution in [2.75, 3.05) is 6.54 Å². The maximum atomic E-state index is 12.1. The third-order valence-corrected chi connectivity index (χ3v) is 3.78. The number of halogens is 1. The molecule has 0 saturated heterocycles. The van der Waals surface area contributed by atoms with Gasteiger partial charge in [-0.05, 0) is 24.7 Å². The molecule has 0 aliphatic heterocycles. The third-order valence-electron chi connectivity index (χ3n) is 3.51. The molecule has 104 valence electrons. The third kappa shape index (κ3) is 3.66. The molecule has 1 aromatic heterocycles. The molecule has 1 saturated carbocycles. The van der Waals surface area contributed by atoms with Crippen molar-refractivity contribution in [1.82, 2.24) is 15.3 Å². The summed E-state index contributed by atoms with van der Waals surface area (Å²) in [5.74, 6) is 1.90. The molecule has 19 heavy (non-hydrogen) atoms. The van der Waals surface area contributed by atoms with Crippen LogP contribution in [0.5, 0.6) is 0 Å². The summed E-state index contributed by atoms with van der Waals surface area (Å²) in [6.45, 7) is 6.82. The average molecular weight is 282 g/mol. The van der Waals surface area contributed by atoms with Crippen molar-refractivity contribution in [2.24, 2.45) is 11.8 Å². The maximum absolute atomic E-state index is 12.1. The highest BCUT2D eigenvalue weighted by Crippen LogP contribution is 2.36. The molecule has 0 radical (unpaired) electrons. The quantitative estimate of drug-likeness (QED) is 0.902. The fourth-order valence-corrected chi connectivity index (χ4v) is 2.16. The molecule has 0 aromatic carbocycles. The van der Waals surface area contributed by atoms with Gasteiger partial charge in [0.05, 0.1) is 11.2 Å². The number of nitrogens with zero attached hydrogens (tertiary/aromatic N) is 2. The van der Waals surface area contributed by atoms with Crippen LogP contribution >= 0.6 is 11.6 Å². The molecule has 1 amide bonds. The van der Waals surface area contributed by atoms with Crippen LogP contribution in [0.15, 0.2) is 6.20 Å². The van der Waals surface area contributed by atoms with E-state index in [4.69, 9.17) is 11.6 Å². The maximum Gasteiger partial charge on any atom is 0.271 e. The molecular formula is C14H20ClN3O. The van der Waals surface area contributed by atoms with Crippen LogP contribution in [0.4, 0.5) is 0 Å². The molecule has 1 aromatic rings. The highest BCUT2D eigenvalue weighted by Gasteiger charge is 2.28. The molecule has 1 aliphatic rings. The zero-order chi connectivity index (χ0) is 14.0. The first-order chi connectivity index (χ1) is 8.99. The van der Waals surface area contributed by atoms with Gasteiger partial charge < -0.3 is 5.32 Å². The van der Waals surface area contributed by atoms with E-state index in [9.17, 15) is 4.79 Å². The lowest BCUT2D eigenvalue weighted by atomic mass is 10.1. The minimum atomic E-state index is -0.207. The fourth-order valence-electron chi connectivity index (χ4n) is 1.99. The summed E-state index contributed by atoms with van der Waals surface area (Å²) in [7, 11) is 0. The molecule has 1 heterocycles. The largest absolute Gasteiger partial charge is 0.350 e. The van der Waals surface area contributed by atoms with Crippen molar-refractivity contribution < 1.29 is 4.79 Å². The van der Waals surface area contributed by atoms with E-state index in [-0.39, 0.29) is 17.5 Å². The number of hydrogen-bond acceptors (Lipinski definition) is 3. The van der Waals surface area contributed by atoms with Gasteiger partial charge in [0.15, 0.2) is 0 Å². The number of aromatic nitrogens is 2. The Bertz CT molecular complexity index is 472. The van der Waals surface area contributed by atoms with Crippen LogP contribution in [0.1, 0.15) is 55.8 Å². The highest BCUT2D eigenvalue weighted by atomic mass is 35.5. The Morgan fingerprint density at radius 3 is 2.74 bits per heavy atom. The first-order valence-corrected chi connectivity index (χ1v) is 7.17. The standard InChI is InChI=1S/C14H20ClN3O/c1-8(2)13-16-7-11(15)12(18-13)14(19)17-6-9(3)10-4-5-10/h7-10H,4-6H2,1-3H3,(H,17,19). The first-order valence-electron chi connectivity index (χ1n) is 6.79. The van der Waals surface area contributed by atoms with Crippen molar-refractivity contribution in [2.45, 2.75) is 39.5 Å². The SMILES string of the molecule is CC(C)c1ncc(Cl)c(C(=O)NCC(C)C2CC2)n1. The molecule has 4 nitrogen and oxygen atoms in total. The van der Waals surface area contributed by atoms with Gasteiger partial charge in [0.2, 0.25) is 0 Å². The van der Waals surface area contributed by atoms with Crippen LogP contribution in [-0.4, -0.2) is 22.4 Å². The molecule has 2 rings (SSSR count). The molecule has 1 aliphatic carbocycles. The molecule has 1 N–H and O–H groups in total. The molecule has 5 heteroatoms. The van der Waals surface area contributed by atoms with Gasteiger partial charge in [-0.25, -0.2) is 9.97 Å². The number of carbonyl (C=O) groups is 1. The topological polar surface area (TPSA) is 54.9 Å². The Morgan fingerprint density at radius 1 is 1.47 bits per heavy atom. The molecule has 1 unspecified atom stereocenters. The Kier molecular flexibility index (Phi) is 4.40. The number of hydrogen-bond donors (Lipinski definition) is 1. The van der Waals surface area contributed by atoms with E-state index in [0.717, 1.165) is 5.92 Å². The molecular weight excluding hydrogens is 262 g/mol. The Morgan fingerprint density at radius 2 is 2.16 bits per heavy atom. The Hall–Kier alpha value is -1.16. The van der Waals surface area contributed by atoms with Gasteiger partial charge in [-0.1, -0.05) is 32.4 Å². The van der Waals surface area contributed by atoms with Crippen LogP contribution in [0.3, 0.4) is 0 Å². The number of rotatable bonds is 5. The summed E-state index contributed by atoms with van der Waals surface area (Å²) in [4.78, 5) is 20.5. The van der Waals surface area contributed by atoms with E-state index < -0.39 is 0 Å².